The standard InChI is InChI=1S/C36H43NO5/c1-22-24-11-12-27-33(3,25(24)20-26(38)30(22)40)15-17-35(5)28-21-36(31(41)42,18-14-32(28,2)13-16-34(27,35)4)37-29(39)19-23-9-7-6-8-10-23/h6-12,20,28,40H,13-19,21H2,1-5H3,(H,37,39)(H,41,42)/t28-,32+,33+,34-,35+,36+/m1/s1. The number of rotatable bonds is 4. The first-order chi connectivity index (χ1) is 19.7. The van der Waals surface area contributed by atoms with Crippen LogP contribution in [0.3, 0.4) is 0 Å². The summed E-state index contributed by atoms with van der Waals surface area (Å²) in [6.45, 7) is 11.1. The number of carboxylic acid groups (broad SMARTS) is 1. The topological polar surface area (TPSA) is 104 Å². The molecule has 1 amide bonds. The number of allylic oxidation sites excluding steroid dienone is 7. The predicted molar refractivity (Wildman–Crippen MR) is 161 cm³/mol. The van der Waals surface area contributed by atoms with Crippen LogP contribution in [0.25, 0.3) is 0 Å². The summed E-state index contributed by atoms with van der Waals surface area (Å²) >= 11 is 0. The van der Waals surface area contributed by atoms with Crippen molar-refractivity contribution in [2.24, 2.45) is 27.6 Å². The number of fused-ring (bicyclic) bond motifs is 7. The Morgan fingerprint density at radius 3 is 2.33 bits per heavy atom. The average Bonchev–Trinajstić information content (AvgIpc) is 2.94. The zero-order valence-electron chi connectivity index (χ0n) is 25.5. The fourth-order valence-corrected chi connectivity index (χ4v) is 9.75. The molecule has 3 N–H and O–H groups in total. The van der Waals surface area contributed by atoms with Gasteiger partial charge in [-0.1, -0.05) is 75.8 Å². The van der Waals surface area contributed by atoms with Gasteiger partial charge in [-0.05, 0) is 96.8 Å². The van der Waals surface area contributed by atoms with Gasteiger partial charge < -0.3 is 15.5 Å². The van der Waals surface area contributed by atoms with Gasteiger partial charge in [-0.25, -0.2) is 4.79 Å². The van der Waals surface area contributed by atoms with Gasteiger partial charge in [0.05, 0.1) is 6.42 Å². The summed E-state index contributed by atoms with van der Waals surface area (Å²) in [4.78, 5) is 39.0. The monoisotopic (exact) mass is 569 g/mol. The highest BCUT2D eigenvalue weighted by Gasteiger charge is 2.68. The smallest absolute Gasteiger partial charge is 0.329 e. The van der Waals surface area contributed by atoms with Gasteiger partial charge in [0.1, 0.15) is 5.54 Å². The largest absolute Gasteiger partial charge is 0.504 e. The number of carbonyl (C=O) groups is 3. The van der Waals surface area contributed by atoms with E-state index >= 15 is 0 Å². The van der Waals surface area contributed by atoms with Gasteiger partial charge in [-0.3, -0.25) is 9.59 Å². The third-order valence-electron chi connectivity index (χ3n) is 12.6. The second-order valence-corrected chi connectivity index (χ2v) is 14.6. The quantitative estimate of drug-likeness (QED) is 0.370. The summed E-state index contributed by atoms with van der Waals surface area (Å²) in [5, 5.41) is 24.1. The molecular weight excluding hydrogens is 526 g/mol. The van der Waals surface area contributed by atoms with Gasteiger partial charge in [-0.15, -0.1) is 0 Å². The first-order valence-electron chi connectivity index (χ1n) is 15.4. The molecule has 0 aliphatic heterocycles. The molecule has 1 aromatic rings. The number of carbonyl (C=O) groups excluding carboxylic acids is 2. The van der Waals surface area contributed by atoms with E-state index in [-0.39, 0.29) is 51.4 Å². The fraction of sp³-hybridized carbons (Fsp3) is 0.528. The lowest BCUT2D eigenvalue weighted by molar-refractivity contribution is -0.173. The number of aliphatic hydroxyl groups is 1. The normalized spacial score (nSPS) is 39.0. The number of aliphatic hydroxyl groups excluding tert-OH is 1. The van der Waals surface area contributed by atoms with E-state index in [1.165, 1.54) is 5.57 Å². The maximum absolute atomic E-state index is 13.3. The van der Waals surface area contributed by atoms with Crippen LogP contribution in [-0.2, 0) is 20.8 Å². The third kappa shape index (κ3) is 3.86. The van der Waals surface area contributed by atoms with Crippen LogP contribution in [0.1, 0.15) is 85.1 Å². The van der Waals surface area contributed by atoms with E-state index in [2.05, 4.69) is 45.2 Å². The number of hydrogen-bond acceptors (Lipinski definition) is 4. The van der Waals surface area contributed by atoms with Crippen molar-refractivity contribution in [3.05, 3.63) is 82.2 Å². The molecule has 0 unspecified atom stereocenters. The van der Waals surface area contributed by atoms with Gasteiger partial charge in [0.25, 0.3) is 0 Å². The first-order valence-corrected chi connectivity index (χ1v) is 15.4. The van der Waals surface area contributed by atoms with Crippen molar-refractivity contribution in [1.82, 2.24) is 5.32 Å². The molecule has 0 heterocycles. The van der Waals surface area contributed by atoms with Gasteiger partial charge in [-0.2, -0.15) is 0 Å². The minimum Gasteiger partial charge on any atom is -0.504 e. The Hall–Kier alpha value is -3.41. The van der Waals surface area contributed by atoms with Crippen LogP contribution >= 0.6 is 0 Å². The molecule has 5 aliphatic carbocycles. The number of hydrogen-bond donors (Lipinski definition) is 3. The Balaban J connectivity index is 1.37. The Kier molecular flexibility index (Phi) is 6.35. The van der Waals surface area contributed by atoms with E-state index in [1.54, 1.807) is 6.08 Å². The van der Waals surface area contributed by atoms with Gasteiger partial charge in [0.2, 0.25) is 11.7 Å². The van der Waals surface area contributed by atoms with Gasteiger partial charge in [0, 0.05) is 11.0 Å². The number of carboxylic acids is 1. The van der Waals surface area contributed by atoms with Crippen LogP contribution < -0.4 is 5.32 Å². The number of ketones is 1. The molecule has 6 atom stereocenters. The minimum absolute atomic E-state index is 0.0213. The van der Waals surface area contributed by atoms with E-state index in [1.807, 2.05) is 37.3 Å². The van der Waals surface area contributed by atoms with Crippen LogP contribution in [0.2, 0.25) is 0 Å². The Labute approximate surface area is 248 Å². The van der Waals surface area contributed by atoms with E-state index in [0.717, 1.165) is 48.8 Å². The lowest BCUT2D eigenvalue weighted by Gasteiger charge is -2.70. The van der Waals surface area contributed by atoms with Crippen LogP contribution in [0.4, 0.5) is 0 Å². The number of nitrogens with one attached hydrogen (secondary N) is 1. The molecule has 0 radical (unpaired) electrons. The number of benzene rings is 1. The van der Waals surface area contributed by atoms with Crippen molar-refractivity contribution in [2.75, 3.05) is 0 Å². The molecule has 0 saturated heterocycles. The maximum atomic E-state index is 13.3. The summed E-state index contributed by atoms with van der Waals surface area (Å²) in [5.74, 6) is -1.61. The van der Waals surface area contributed by atoms with Crippen LogP contribution in [0.15, 0.2) is 76.6 Å². The molecule has 42 heavy (non-hydrogen) atoms. The molecule has 6 rings (SSSR count). The molecule has 0 bridgehead atoms. The Morgan fingerprint density at radius 2 is 1.64 bits per heavy atom. The van der Waals surface area contributed by atoms with Gasteiger partial charge in [0.15, 0.2) is 5.76 Å². The van der Waals surface area contributed by atoms with Crippen molar-refractivity contribution in [1.29, 1.82) is 0 Å². The van der Waals surface area contributed by atoms with Crippen molar-refractivity contribution >= 4 is 17.7 Å². The average molecular weight is 570 g/mol. The van der Waals surface area contributed by atoms with Gasteiger partial charge >= 0.3 is 5.97 Å². The lowest BCUT2D eigenvalue weighted by atomic mass is 9.35. The molecule has 3 saturated carbocycles. The second-order valence-electron chi connectivity index (χ2n) is 14.6. The molecule has 0 spiro atoms. The van der Waals surface area contributed by atoms with Crippen molar-refractivity contribution in [3.8, 4) is 0 Å². The molecule has 6 nitrogen and oxygen atoms in total. The molecule has 3 fully saturated rings. The summed E-state index contributed by atoms with van der Waals surface area (Å²) in [6, 6.07) is 9.47. The maximum Gasteiger partial charge on any atom is 0.329 e. The summed E-state index contributed by atoms with van der Waals surface area (Å²) in [6.07, 6.45) is 11.4. The van der Waals surface area contributed by atoms with Crippen molar-refractivity contribution < 1.29 is 24.6 Å². The SMILES string of the molecule is CC1=C(O)C(=O)C=C2C1=CC=C1[C@@]2(C)CC[C@@]2(C)[C@@H]3C[C@](NC(=O)Cc4ccccc4)(C(=O)O)CC[C@]3(C)CC[C@]12C. The molecule has 6 heteroatoms. The summed E-state index contributed by atoms with van der Waals surface area (Å²) in [5.41, 5.74) is 2.66. The highest BCUT2D eigenvalue weighted by molar-refractivity contribution is 6.06. The molecular formula is C36H43NO5. The summed E-state index contributed by atoms with van der Waals surface area (Å²) < 4.78 is 0. The zero-order chi connectivity index (χ0) is 30.3. The third-order valence-corrected chi connectivity index (χ3v) is 12.6. The Bertz CT molecular complexity index is 1520. The van der Waals surface area contributed by atoms with E-state index in [0.29, 0.717) is 18.4 Å². The highest BCUT2D eigenvalue weighted by atomic mass is 16.4. The predicted octanol–water partition coefficient (Wildman–Crippen LogP) is 6.79. The minimum atomic E-state index is -1.30. The van der Waals surface area contributed by atoms with E-state index in [9.17, 15) is 24.6 Å². The van der Waals surface area contributed by atoms with Crippen LogP contribution in [0.5, 0.6) is 0 Å². The number of aliphatic carboxylic acids is 1. The van der Waals surface area contributed by atoms with Crippen LogP contribution in [-0.4, -0.2) is 33.4 Å². The van der Waals surface area contributed by atoms with Crippen molar-refractivity contribution in [2.45, 2.75) is 91.5 Å². The lowest BCUT2D eigenvalue weighted by Crippen LogP contribution is -2.66. The van der Waals surface area contributed by atoms with E-state index < -0.39 is 11.5 Å². The second kappa shape index (κ2) is 9.29. The van der Waals surface area contributed by atoms with E-state index in [4.69, 9.17) is 0 Å². The molecule has 0 aromatic heterocycles. The van der Waals surface area contributed by atoms with Crippen molar-refractivity contribution in [3.63, 3.8) is 0 Å². The highest BCUT2D eigenvalue weighted by Crippen LogP contribution is 2.75. The summed E-state index contributed by atoms with van der Waals surface area (Å²) in [7, 11) is 0. The van der Waals surface area contributed by atoms with Crippen LogP contribution in [0, 0.1) is 27.6 Å². The number of amides is 1. The Morgan fingerprint density at radius 1 is 0.952 bits per heavy atom. The fourth-order valence-electron chi connectivity index (χ4n) is 9.75. The molecule has 1 aromatic carbocycles. The first kappa shape index (κ1) is 28.7. The molecule has 5 aliphatic rings. The molecule has 222 valence electrons. The zero-order valence-corrected chi connectivity index (χ0v) is 25.5.